The monoisotopic (exact) mass is 337 g/mol. The standard InChI is InChI=1S/C15H16ClN3O2S/c16-12-3-1-2-11(8-12)14-9-15(18-10-17-14)19-13-4-6-22(20,21)7-5-13/h1-3,8-10,13H,4-7H2,(H,17,18,19). The molecule has 0 unspecified atom stereocenters. The summed E-state index contributed by atoms with van der Waals surface area (Å²) in [6.45, 7) is 0. The molecule has 1 aliphatic rings. The molecule has 0 aliphatic carbocycles. The molecule has 1 aromatic heterocycles. The van der Waals surface area contributed by atoms with Crippen molar-refractivity contribution in [3.8, 4) is 11.3 Å². The molecular formula is C15H16ClN3O2S. The molecule has 0 saturated carbocycles. The third kappa shape index (κ3) is 3.75. The van der Waals surface area contributed by atoms with Gasteiger partial charge < -0.3 is 5.32 Å². The molecule has 22 heavy (non-hydrogen) atoms. The Balaban J connectivity index is 1.75. The first-order chi connectivity index (χ1) is 10.5. The van der Waals surface area contributed by atoms with Gasteiger partial charge in [-0.2, -0.15) is 0 Å². The minimum absolute atomic E-state index is 0.130. The van der Waals surface area contributed by atoms with Crippen molar-refractivity contribution in [2.75, 3.05) is 16.8 Å². The van der Waals surface area contributed by atoms with Crippen LogP contribution < -0.4 is 5.32 Å². The molecular weight excluding hydrogens is 322 g/mol. The predicted molar refractivity (Wildman–Crippen MR) is 87.8 cm³/mol. The minimum Gasteiger partial charge on any atom is -0.367 e. The number of hydrogen-bond acceptors (Lipinski definition) is 5. The zero-order chi connectivity index (χ0) is 15.6. The first-order valence-corrected chi connectivity index (χ1v) is 9.27. The first kappa shape index (κ1) is 15.2. The first-order valence-electron chi connectivity index (χ1n) is 7.07. The highest BCUT2D eigenvalue weighted by atomic mass is 35.5. The highest BCUT2D eigenvalue weighted by Crippen LogP contribution is 2.23. The van der Waals surface area contributed by atoms with E-state index in [-0.39, 0.29) is 17.5 Å². The van der Waals surface area contributed by atoms with E-state index >= 15 is 0 Å². The van der Waals surface area contributed by atoms with Gasteiger partial charge in [0.2, 0.25) is 0 Å². The Morgan fingerprint density at radius 1 is 1.14 bits per heavy atom. The maximum Gasteiger partial charge on any atom is 0.150 e. The van der Waals surface area contributed by atoms with Gasteiger partial charge in [-0.1, -0.05) is 23.7 Å². The number of anilines is 1. The lowest BCUT2D eigenvalue weighted by molar-refractivity contribution is 0.559. The highest BCUT2D eigenvalue weighted by molar-refractivity contribution is 7.91. The normalized spacial score (nSPS) is 18.0. The SMILES string of the molecule is O=S1(=O)CCC(Nc2cc(-c3cccc(Cl)c3)ncn2)CC1. The Hall–Kier alpha value is -1.66. The molecule has 1 aromatic carbocycles. The van der Waals surface area contributed by atoms with Crippen molar-refractivity contribution in [1.29, 1.82) is 0 Å². The summed E-state index contributed by atoms with van der Waals surface area (Å²) in [5.41, 5.74) is 1.70. The molecule has 2 heterocycles. The summed E-state index contributed by atoms with van der Waals surface area (Å²) in [5, 5.41) is 3.95. The van der Waals surface area contributed by atoms with E-state index in [2.05, 4.69) is 15.3 Å². The number of aromatic nitrogens is 2. The van der Waals surface area contributed by atoms with Crippen LogP contribution in [0.15, 0.2) is 36.7 Å². The van der Waals surface area contributed by atoms with E-state index in [0.29, 0.717) is 23.7 Å². The fraction of sp³-hybridized carbons (Fsp3) is 0.333. The number of nitrogens with zero attached hydrogens (tertiary/aromatic N) is 2. The summed E-state index contributed by atoms with van der Waals surface area (Å²) in [5.74, 6) is 1.17. The number of benzene rings is 1. The largest absolute Gasteiger partial charge is 0.367 e. The van der Waals surface area contributed by atoms with Gasteiger partial charge in [-0.15, -0.1) is 0 Å². The minimum atomic E-state index is -2.85. The van der Waals surface area contributed by atoms with E-state index in [9.17, 15) is 8.42 Å². The zero-order valence-corrected chi connectivity index (χ0v) is 13.4. The lowest BCUT2D eigenvalue weighted by Gasteiger charge is -2.23. The van der Waals surface area contributed by atoms with Gasteiger partial charge in [-0.05, 0) is 25.0 Å². The number of nitrogens with one attached hydrogen (secondary N) is 1. The Morgan fingerprint density at radius 3 is 2.64 bits per heavy atom. The van der Waals surface area contributed by atoms with Gasteiger partial charge in [0.05, 0.1) is 17.2 Å². The van der Waals surface area contributed by atoms with Crippen molar-refractivity contribution in [1.82, 2.24) is 9.97 Å². The van der Waals surface area contributed by atoms with E-state index in [4.69, 9.17) is 11.6 Å². The molecule has 0 radical (unpaired) electrons. The second kappa shape index (κ2) is 6.22. The van der Waals surface area contributed by atoms with Gasteiger partial charge in [-0.25, -0.2) is 18.4 Å². The molecule has 0 spiro atoms. The van der Waals surface area contributed by atoms with Gasteiger partial charge in [-0.3, -0.25) is 0 Å². The number of halogens is 1. The van der Waals surface area contributed by atoms with Crippen LogP contribution in [0, 0.1) is 0 Å². The van der Waals surface area contributed by atoms with Crippen molar-refractivity contribution in [2.45, 2.75) is 18.9 Å². The average molecular weight is 338 g/mol. The lowest BCUT2D eigenvalue weighted by Crippen LogP contribution is -2.32. The summed E-state index contributed by atoms with van der Waals surface area (Å²) in [6.07, 6.45) is 2.72. The lowest BCUT2D eigenvalue weighted by atomic mass is 10.1. The maximum absolute atomic E-state index is 11.5. The predicted octanol–water partition coefficient (Wildman–Crippen LogP) is 2.79. The molecule has 116 valence electrons. The topological polar surface area (TPSA) is 72.0 Å². The molecule has 1 N–H and O–H groups in total. The van der Waals surface area contributed by atoms with Gasteiger partial charge >= 0.3 is 0 Å². The number of sulfone groups is 1. The molecule has 0 bridgehead atoms. The molecule has 5 nitrogen and oxygen atoms in total. The van der Waals surface area contributed by atoms with Crippen LogP contribution >= 0.6 is 11.6 Å². The van der Waals surface area contributed by atoms with Crippen LogP contribution in [-0.2, 0) is 9.84 Å². The molecule has 7 heteroatoms. The average Bonchev–Trinajstić information content (AvgIpc) is 2.50. The van der Waals surface area contributed by atoms with Crippen molar-refractivity contribution in [3.63, 3.8) is 0 Å². The zero-order valence-electron chi connectivity index (χ0n) is 11.9. The second-order valence-electron chi connectivity index (χ2n) is 5.37. The van der Waals surface area contributed by atoms with E-state index < -0.39 is 9.84 Å². The van der Waals surface area contributed by atoms with Gasteiger partial charge in [0.1, 0.15) is 22.0 Å². The van der Waals surface area contributed by atoms with Crippen molar-refractivity contribution >= 4 is 27.3 Å². The smallest absolute Gasteiger partial charge is 0.150 e. The van der Waals surface area contributed by atoms with Crippen LogP contribution in [0.25, 0.3) is 11.3 Å². The molecule has 1 fully saturated rings. The maximum atomic E-state index is 11.5. The third-order valence-corrected chi connectivity index (χ3v) is 5.64. The van der Waals surface area contributed by atoms with Crippen LogP contribution in [-0.4, -0.2) is 35.9 Å². The van der Waals surface area contributed by atoms with E-state index in [0.717, 1.165) is 11.3 Å². The fourth-order valence-corrected chi connectivity index (χ4v) is 4.17. The van der Waals surface area contributed by atoms with Gasteiger partial charge in [0.15, 0.2) is 0 Å². The van der Waals surface area contributed by atoms with E-state index in [1.807, 2.05) is 30.3 Å². The summed E-state index contributed by atoms with van der Waals surface area (Å²) >= 11 is 6.00. The summed E-state index contributed by atoms with van der Waals surface area (Å²) in [7, 11) is -2.85. The van der Waals surface area contributed by atoms with Crippen LogP contribution in [0.3, 0.4) is 0 Å². The molecule has 1 saturated heterocycles. The molecule has 2 aromatic rings. The second-order valence-corrected chi connectivity index (χ2v) is 8.11. The Labute approximate surface area is 134 Å². The van der Waals surface area contributed by atoms with E-state index in [1.54, 1.807) is 0 Å². The molecule has 0 atom stereocenters. The number of rotatable bonds is 3. The Bertz CT molecular complexity index is 766. The molecule has 1 aliphatic heterocycles. The Kier molecular flexibility index (Phi) is 4.31. The summed E-state index contributed by atoms with van der Waals surface area (Å²) in [6, 6.07) is 9.46. The highest BCUT2D eigenvalue weighted by Gasteiger charge is 2.23. The van der Waals surface area contributed by atoms with Gasteiger partial charge in [0.25, 0.3) is 0 Å². The Morgan fingerprint density at radius 2 is 1.91 bits per heavy atom. The summed E-state index contributed by atoms with van der Waals surface area (Å²) < 4.78 is 22.9. The summed E-state index contributed by atoms with van der Waals surface area (Å²) in [4.78, 5) is 8.47. The van der Waals surface area contributed by atoms with E-state index in [1.165, 1.54) is 6.33 Å². The van der Waals surface area contributed by atoms with Crippen molar-refractivity contribution in [3.05, 3.63) is 41.7 Å². The van der Waals surface area contributed by atoms with Crippen LogP contribution in [0.5, 0.6) is 0 Å². The third-order valence-electron chi connectivity index (χ3n) is 3.69. The van der Waals surface area contributed by atoms with Crippen LogP contribution in [0.2, 0.25) is 5.02 Å². The van der Waals surface area contributed by atoms with Crippen LogP contribution in [0.4, 0.5) is 5.82 Å². The van der Waals surface area contributed by atoms with Crippen LogP contribution in [0.1, 0.15) is 12.8 Å². The van der Waals surface area contributed by atoms with Gasteiger partial charge in [0, 0.05) is 22.7 Å². The molecule has 0 amide bonds. The van der Waals surface area contributed by atoms with Crippen molar-refractivity contribution in [2.24, 2.45) is 0 Å². The number of hydrogen-bond donors (Lipinski definition) is 1. The van der Waals surface area contributed by atoms with Crippen molar-refractivity contribution < 1.29 is 8.42 Å². The molecule has 3 rings (SSSR count). The quantitative estimate of drug-likeness (QED) is 0.932. The fourth-order valence-electron chi connectivity index (χ4n) is 2.49.